The third-order valence-corrected chi connectivity index (χ3v) is 2.57. The summed E-state index contributed by atoms with van der Waals surface area (Å²) < 4.78 is 5.10. The van der Waals surface area contributed by atoms with Gasteiger partial charge in [0.2, 0.25) is 0 Å². The second kappa shape index (κ2) is 7.46. The predicted octanol–water partition coefficient (Wildman–Crippen LogP) is 2.94. The number of aliphatic hydroxyl groups is 1. The molecule has 0 fully saturated rings. The van der Waals surface area contributed by atoms with Crippen LogP contribution in [0.5, 0.6) is 0 Å². The van der Waals surface area contributed by atoms with Crippen molar-refractivity contribution >= 4 is 0 Å². The van der Waals surface area contributed by atoms with Gasteiger partial charge in [-0.05, 0) is 12.8 Å². The second-order valence-electron chi connectivity index (χ2n) is 3.97. The Morgan fingerprint density at radius 2 is 2.20 bits per heavy atom. The molecule has 1 atom stereocenters. The van der Waals surface area contributed by atoms with E-state index in [1.165, 1.54) is 19.3 Å². The number of aryl methyl sites for hydroxylation is 1. The molecule has 0 amide bonds. The number of nitrogens with zero attached hydrogens (tertiary/aromatic N) is 1. The molecule has 0 bridgehead atoms. The van der Waals surface area contributed by atoms with E-state index in [4.69, 9.17) is 4.42 Å². The molecule has 86 valence electrons. The summed E-state index contributed by atoms with van der Waals surface area (Å²) in [5, 5.41) is 9.68. The van der Waals surface area contributed by atoms with Gasteiger partial charge in [-0.3, -0.25) is 0 Å². The third-order valence-electron chi connectivity index (χ3n) is 2.57. The van der Waals surface area contributed by atoms with Crippen LogP contribution in [-0.2, 0) is 6.42 Å². The van der Waals surface area contributed by atoms with E-state index in [1.54, 1.807) is 12.5 Å². The first-order valence-electron chi connectivity index (χ1n) is 5.89. The van der Waals surface area contributed by atoms with Crippen LogP contribution < -0.4 is 0 Å². The summed E-state index contributed by atoms with van der Waals surface area (Å²) in [6, 6.07) is 0. The van der Waals surface area contributed by atoms with Gasteiger partial charge >= 0.3 is 0 Å². The van der Waals surface area contributed by atoms with Crippen molar-refractivity contribution in [3.05, 3.63) is 18.4 Å². The molecule has 0 aromatic carbocycles. The highest BCUT2D eigenvalue weighted by Crippen LogP contribution is 2.10. The maximum absolute atomic E-state index is 9.68. The fourth-order valence-corrected chi connectivity index (χ4v) is 1.62. The van der Waals surface area contributed by atoms with Gasteiger partial charge in [0.15, 0.2) is 5.89 Å². The van der Waals surface area contributed by atoms with Crippen molar-refractivity contribution in [2.24, 2.45) is 0 Å². The van der Waals surface area contributed by atoms with Crippen LogP contribution in [0, 0.1) is 0 Å². The molecule has 0 spiro atoms. The fourth-order valence-electron chi connectivity index (χ4n) is 1.62. The minimum absolute atomic E-state index is 0.200. The smallest absolute Gasteiger partial charge is 0.194 e. The van der Waals surface area contributed by atoms with Gasteiger partial charge < -0.3 is 9.52 Å². The normalized spacial score (nSPS) is 12.9. The fraction of sp³-hybridized carbons (Fsp3) is 0.750. The lowest BCUT2D eigenvalue weighted by molar-refractivity contribution is 0.148. The largest absolute Gasteiger partial charge is 0.449 e. The molecule has 15 heavy (non-hydrogen) atoms. The Labute approximate surface area is 91.5 Å². The predicted molar refractivity (Wildman–Crippen MR) is 59.6 cm³/mol. The Hall–Kier alpha value is -0.830. The van der Waals surface area contributed by atoms with Gasteiger partial charge in [0.1, 0.15) is 6.26 Å². The van der Waals surface area contributed by atoms with E-state index in [0.717, 1.165) is 31.6 Å². The molecule has 1 aromatic rings. The molecule has 3 heteroatoms. The molecule has 1 N–H and O–H groups in total. The van der Waals surface area contributed by atoms with E-state index >= 15 is 0 Å². The highest BCUT2D eigenvalue weighted by Gasteiger charge is 2.06. The molecule has 1 heterocycles. The molecule has 0 aliphatic heterocycles. The van der Waals surface area contributed by atoms with Crippen LogP contribution in [0.25, 0.3) is 0 Å². The maximum atomic E-state index is 9.68. The number of hydrogen-bond donors (Lipinski definition) is 1. The number of aliphatic hydroxyl groups excluding tert-OH is 1. The van der Waals surface area contributed by atoms with Crippen LogP contribution in [0.3, 0.4) is 0 Å². The molecule has 1 unspecified atom stereocenters. The Morgan fingerprint density at radius 1 is 1.33 bits per heavy atom. The molecular weight excluding hydrogens is 190 g/mol. The van der Waals surface area contributed by atoms with Crippen LogP contribution in [0.4, 0.5) is 0 Å². The Balaban J connectivity index is 2.01. The highest BCUT2D eigenvalue weighted by molar-refractivity contribution is 4.80. The van der Waals surface area contributed by atoms with Crippen molar-refractivity contribution in [2.45, 2.75) is 58.0 Å². The topological polar surface area (TPSA) is 46.3 Å². The SMILES string of the molecule is CCCCCCC(O)CCc1ncco1. The highest BCUT2D eigenvalue weighted by atomic mass is 16.3. The van der Waals surface area contributed by atoms with E-state index in [0.29, 0.717) is 0 Å². The molecule has 0 saturated heterocycles. The van der Waals surface area contributed by atoms with E-state index in [2.05, 4.69) is 11.9 Å². The number of oxazole rings is 1. The maximum Gasteiger partial charge on any atom is 0.194 e. The van der Waals surface area contributed by atoms with E-state index < -0.39 is 0 Å². The summed E-state index contributed by atoms with van der Waals surface area (Å²) in [4.78, 5) is 4.02. The zero-order chi connectivity index (χ0) is 10.9. The van der Waals surface area contributed by atoms with E-state index in [9.17, 15) is 5.11 Å². The van der Waals surface area contributed by atoms with Crippen LogP contribution in [0.15, 0.2) is 16.9 Å². The molecule has 1 rings (SSSR count). The van der Waals surface area contributed by atoms with Gasteiger partial charge in [0, 0.05) is 6.42 Å². The lowest BCUT2D eigenvalue weighted by atomic mass is 10.1. The van der Waals surface area contributed by atoms with Crippen molar-refractivity contribution in [3.8, 4) is 0 Å². The van der Waals surface area contributed by atoms with Crippen LogP contribution in [0.2, 0.25) is 0 Å². The molecule has 0 aliphatic carbocycles. The lowest BCUT2D eigenvalue weighted by Gasteiger charge is -2.08. The average Bonchev–Trinajstić information content (AvgIpc) is 2.74. The standard InChI is InChI=1S/C12H21NO2/c1-2-3-4-5-6-11(14)7-8-12-13-9-10-15-12/h9-11,14H,2-8H2,1H3. The van der Waals surface area contributed by atoms with Crippen molar-refractivity contribution < 1.29 is 9.52 Å². The van der Waals surface area contributed by atoms with Crippen molar-refractivity contribution in [3.63, 3.8) is 0 Å². The first kappa shape index (κ1) is 12.2. The Morgan fingerprint density at radius 3 is 2.87 bits per heavy atom. The molecule has 0 saturated carbocycles. The Bertz CT molecular complexity index is 234. The van der Waals surface area contributed by atoms with E-state index in [1.807, 2.05) is 0 Å². The number of unbranched alkanes of at least 4 members (excludes halogenated alkanes) is 3. The summed E-state index contributed by atoms with van der Waals surface area (Å²) >= 11 is 0. The number of rotatable bonds is 8. The average molecular weight is 211 g/mol. The first-order chi connectivity index (χ1) is 7.33. The minimum atomic E-state index is -0.200. The summed E-state index contributed by atoms with van der Waals surface area (Å²) in [6.07, 6.45) is 10.3. The molecule has 0 aliphatic rings. The Kier molecular flexibility index (Phi) is 6.09. The molecule has 3 nitrogen and oxygen atoms in total. The summed E-state index contributed by atoms with van der Waals surface area (Å²) in [5.74, 6) is 0.725. The minimum Gasteiger partial charge on any atom is -0.449 e. The van der Waals surface area contributed by atoms with Crippen molar-refractivity contribution in [1.82, 2.24) is 4.98 Å². The first-order valence-corrected chi connectivity index (χ1v) is 5.89. The molecular formula is C12H21NO2. The third kappa shape index (κ3) is 5.57. The van der Waals surface area contributed by atoms with Crippen LogP contribution >= 0.6 is 0 Å². The number of hydrogen-bond acceptors (Lipinski definition) is 3. The summed E-state index contributed by atoms with van der Waals surface area (Å²) in [7, 11) is 0. The van der Waals surface area contributed by atoms with E-state index in [-0.39, 0.29) is 6.10 Å². The molecule has 0 radical (unpaired) electrons. The van der Waals surface area contributed by atoms with Gasteiger partial charge in [-0.25, -0.2) is 4.98 Å². The summed E-state index contributed by atoms with van der Waals surface area (Å²) in [5.41, 5.74) is 0. The van der Waals surface area contributed by atoms with Crippen molar-refractivity contribution in [1.29, 1.82) is 0 Å². The molecule has 1 aromatic heterocycles. The second-order valence-corrected chi connectivity index (χ2v) is 3.97. The van der Waals surface area contributed by atoms with Crippen molar-refractivity contribution in [2.75, 3.05) is 0 Å². The lowest BCUT2D eigenvalue weighted by Crippen LogP contribution is -2.07. The quantitative estimate of drug-likeness (QED) is 0.672. The van der Waals surface area contributed by atoms with Crippen LogP contribution in [-0.4, -0.2) is 16.2 Å². The van der Waals surface area contributed by atoms with Crippen LogP contribution in [0.1, 0.15) is 51.3 Å². The summed E-state index contributed by atoms with van der Waals surface area (Å²) in [6.45, 7) is 2.19. The van der Waals surface area contributed by atoms with Gasteiger partial charge in [-0.2, -0.15) is 0 Å². The van der Waals surface area contributed by atoms with Gasteiger partial charge in [-0.15, -0.1) is 0 Å². The zero-order valence-electron chi connectivity index (χ0n) is 9.48. The van der Waals surface area contributed by atoms with Gasteiger partial charge in [0.05, 0.1) is 12.3 Å². The van der Waals surface area contributed by atoms with Gasteiger partial charge in [-0.1, -0.05) is 32.6 Å². The monoisotopic (exact) mass is 211 g/mol. The number of aromatic nitrogens is 1. The zero-order valence-corrected chi connectivity index (χ0v) is 9.48. The van der Waals surface area contributed by atoms with Gasteiger partial charge in [0.25, 0.3) is 0 Å².